The minimum absolute atomic E-state index is 0.0670. The van der Waals surface area contributed by atoms with Crippen molar-refractivity contribution in [1.29, 1.82) is 0 Å². The molecule has 3 aromatic heterocycles. The molecule has 4 rings (SSSR count). The van der Waals surface area contributed by atoms with Crippen molar-refractivity contribution in [2.45, 2.75) is 45.6 Å². The topological polar surface area (TPSA) is 113 Å². The van der Waals surface area contributed by atoms with Crippen LogP contribution < -0.4 is 0 Å². The summed E-state index contributed by atoms with van der Waals surface area (Å²) in [5.74, 6) is 1.57. The van der Waals surface area contributed by atoms with E-state index in [0.29, 0.717) is 22.5 Å². The second-order valence-electron chi connectivity index (χ2n) is 6.85. The summed E-state index contributed by atoms with van der Waals surface area (Å²) >= 11 is 1.05. The van der Waals surface area contributed by atoms with Gasteiger partial charge in [-0.25, -0.2) is 4.68 Å². The van der Waals surface area contributed by atoms with Gasteiger partial charge in [0.2, 0.25) is 11.7 Å². The van der Waals surface area contributed by atoms with Crippen LogP contribution in [0.1, 0.15) is 43.5 Å². The molecule has 0 saturated heterocycles. The molecule has 10 heteroatoms. The molecule has 136 valence electrons. The highest BCUT2D eigenvalue weighted by Crippen LogP contribution is 2.34. The van der Waals surface area contributed by atoms with Crippen molar-refractivity contribution in [1.82, 2.24) is 25.1 Å². The standard InChI is InChI=1S/C16H18N6O3S/c1-9(2)8-21-12-7-10(3-4-11(12)18-20-21)16-17-15(19-25-16)13-5-6-14(26-13)22(23)24/h5-6,9-10H,3-4,7-8H2,1-2H3. The van der Waals surface area contributed by atoms with Crippen LogP contribution in [0.15, 0.2) is 16.7 Å². The van der Waals surface area contributed by atoms with E-state index in [9.17, 15) is 10.1 Å². The highest BCUT2D eigenvalue weighted by molar-refractivity contribution is 7.18. The van der Waals surface area contributed by atoms with Crippen molar-refractivity contribution in [2.24, 2.45) is 5.92 Å². The second-order valence-corrected chi connectivity index (χ2v) is 7.91. The fourth-order valence-electron chi connectivity index (χ4n) is 3.18. The van der Waals surface area contributed by atoms with Crippen LogP contribution in [0.25, 0.3) is 10.7 Å². The number of aromatic nitrogens is 5. The van der Waals surface area contributed by atoms with Crippen molar-refractivity contribution in [3.8, 4) is 10.7 Å². The summed E-state index contributed by atoms with van der Waals surface area (Å²) in [4.78, 5) is 15.5. The Morgan fingerprint density at radius 1 is 1.46 bits per heavy atom. The highest BCUT2D eigenvalue weighted by Gasteiger charge is 2.29. The van der Waals surface area contributed by atoms with Crippen molar-refractivity contribution >= 4 is 16.3 Å². The number of nitro groups is 1. The van der Waals surface area contributed by atoms with E-state index in [4.69, 9.17) is 4.52 Å². The highest BCUT2D eigenvalue weighted by atomic mass is 32.1. The van der Waals surface area contributed by atoms with Crippen LogP contribution >= 0.6 is 11.3 Å². The summed E-state index contributed by atoms with van der Waals surface area (Å²) < 4.78 is 7.44. The van der Waals surface area contributed by atoms with Gasteiger partial charge in [0, 0.05) is 24.9 Å². The molecule has 0 radical (unpaired) electrons. The molecule has 0 saturated carbocycles. The van der Waals surface area contributed by atoms with Crippen LogP contribution in [-0.4, -0.2) is 30.1 Å². The molecular weight excluding hydrogens is 356 g/mol. The maximum absolute atomic E-state index is 10.8. The zero-order chi connectivity index (χ0) is 18.3. The van der Waals surface area contributed by atoms with Gasteiger partial charge in [0.05, 0.1) is 21.2 Å². The molecule has 1 atom stereocenters. The lowest BCUT2D eigenvalue weighted by Crippen LogP contribution is -2.18. The van der Waals surface area contributed by atoms with E-state index in [1.165, 1.54) is 6.07 Å². The Balaban J connectivity index is 1.55. The summed E-state index contributed by atoms with van der Waals surface area (Å²) in [6.45, 7) is 5.14. The normalized spacial score (nSPS) is 16.8. The third kappa shape index (κ3) is 3.12. The van der Waals surface area contributed by atoms with E-state index in [1.807, 2.05) is 4.68 Å². The lowest BCUT2D eigenvalue weighted by Gasteiger charge is -2.19. The van der Waals surface area contributed by atoms with E-state index in [-0.39, 0.29) is 10.9 Å². The number of fused-ring (bicyclic) bond motifs is 1. The Bertz CT molecular complexity index is 944. The number of rotatable bonds is 5. The minimum Gasteiger partial charge on any atom is -0.339 e. The van der Waals surface area contributed by atoms with Gasteiger partial charge < -0.3 is 4.52 Å². The van der Waals surface area contributed by atoms with Crippen molar-refractivity contribution < 1.29 is 9.45 Å². The molecule has 0 aromatic carbocycles. The molecule has 26 heavy (non-hydrogen) atoms. The molecule has 9 nitrogen and oxygen atoms in total. The zero-order valence-electron chi connectivity index (χ0n) is 14.5. The lowest BCUT2D eigenvalue weighted by molar-refractivity contribution is -0.380. The van der Waals surface area contributed by atoms with Crippen molar-refractivity contribution in [2.75, 3.05) is 0 Å². The number of aryl methyl sites for hydroxylation is 1. The van der Waals surface area contributed by atoms with Crippen LogP contribution in [0.4, 0.5) is 5.00 Å². The van der Waals surface area contributed by atoms with Crippen LogP contribution in [-0.2, 0) is 19.4 Å². The number of hydrogen-bond acceptors (Lipinski definition) is 8. The van der Waals surface area contributed by atoms with Crippen LogP contribution in [0.5, 0.6) is 0 Å². The lowest BCUT2D eigenvalue weighted by atomic mass is 9.89. The predicted octanol–water partition coefficient (Wildman–Crippen LogP) is 3.23. The fraction of sp³-hybridized carbons (Fsp3) is 0.500. The molecular formula is C16H18N6O3S. The van der Waals surface area contributed by atoms with Gasteiger partial charge in [0.25, 0.3) is 0 Å². The van der Waals surface area contributed by atoms with Gasteiger partial charge in [-0.05, 0) is 24.8 Å². The van der Waals surface area contributed by atoms with Gasteiger partial charge in [0.1, 0.15) is 0 Å². The second kappa shape index (κ2) is 6.60. The molecule has 1 aliphatic rings. The summed E-state index contributed by atoms with van der Waals surface area (Å²) in [5.41, 5.74) is 2.19. The predicted molar refractivity (Wildman–Crippen MR) is 93.9 cm³/mol. The van der Waals surface area contributed by atoms with Gasteiger partial charge in [-0.3, -0.25) is 10.1 Å². The minimum atomic E-state index is -0.416. The molecule has 1 unspecified atom stereocenters. The Morgan fingerprint density at radius 2 is 2.31 bits per heavy atom. The van der Waals surface area contributed by atoms with E-state index in [2.05, 4.69) is 34.3 Å². The molecule has 3 heterocycles. The van der Waals surface area contributed by atoms with Gasteiger partial charge in [-0.1, -0.05) is 35.6 Å². The first-order valence-corrected chi connectivity index (χ1v) is 9.32. The first-order chi connectivity index (χ1) is 12.5. The Hall–Kier alpha value is -2.62. The third-order valence-corrected chi connectivity index (χ3v) is 5.44. The number of thiophene rings is 1. The van der Waals surface area contributed by atoms with Crippen LogP contribution in [0, 0.1) is 16.0 Å². The first kappa shape index (κ1) is 16.8. The van der Waals surface area contributed by atoms with E-state index in [1.54, 1.807) is 6.07 Å². The molecule has 1 aliphatic carbocycles. The first-order valence-electron chi connectivity index (χ1n) is 8.50. The monoisotopic (exact) mass is 374 g/mol. The summed E-state index contributed by atoms with van der Waals surface area (Å²) in [6.07, 6.45) is 2.47. The molecule has 0 N–H and O–H groups in total. The van der Waals surface area contributed by atoms with E-state index < -0.39 is 4.92 Å². The van der Waals surface area contributed by atoms with Crippen molar-refractivity contribution in [3.05, 3.63) is 39.5 Å². The average molecular weight is 374 g/mol. The molecule has 0 amide bonds. The quantitative estimate of drug-likeness (QED) is 0.497. The van der Waals surface area contributed by atoms with Crippen molar-refractivity contribution in [3.63, 3.8) is 0 Å². The third-order valence-electron chi connectivity index (χ3n) is 4.41. The van der Waals surface area contributed by atoms with E-state index in [0.717, 1.165) is 48.5 Å². The fourth-order valence-corrected chi connectivity index (χ4v) is 3.93. The SMILES string of the molecule is CC(C)Cn1nnc2c1CC(c1nc(-c3ccc([N+](=O)[O-])s3)no1)CC2. The molecule has 0 aliphatic heterocycles. The maximum atomic E-state index is 10.8. The average Bonchev–Trinajstić information content (AvgIpc) is 3.33. The van der Waals surface area contributed by atoms with Crippen LogP contribution in [0.2, 0.25) is 0 Å². The van der Waals surface area contributed by atoms with Gasteiger partial charge in [0.15, 0.2) is 0 Å². The molecule has 0 spiro atoms. The largest absolute Gasteiger partial charge is 0.339 e. The van der Waals surface area contributed by atoms with Gasteiger partial charge in [-0.15, -0.1) is 5.10 Å². The smallest absolute Gasteiger partial charge is 0.324 e. The summed E-state index contributed by atoms with van der Waals surface area (Å²) in [5, 5.41) is 23.5. The number of hydrogen-bond donors (Lipinski definition) is 0. The summed E-state index contributed by atoms with van der Waals surface area (Å²) in [7, 11) is 0. The number of nitrogens with zero attached hydrogens (tertiary/aromatic N) is 6. The van der Waals surface area contributed by atoms with Crippen LogP contribution in [0.3, 0.4) is 0 Å². The van der Waals surface area contributed by atoms with E-state index >= 15 is 0 Å². The molecule has 0 bridgehead atoms. The Kier molecular flexibility index (Phi) is 4.27. The maximum Gasteiger partial charge on any atom is 0.324 e. The van der Waals surface area contributed by atoms with Gasteiger partial charge in [-0.2, -0.15) is 4.98 Å². The molecule has 3 aromatic rings. The Labute approximate surface area is 153 Å². The zero-order valence-corrected chi connectivity index (χ0v) is 15.3. The summed E-state index contributed by atoms with van der Waals surface area (Å²) in [6, 6.07) is 3.11. The van der Waals surface area contributed by atoms with Gasteiger partial charge >= 0.3 is 5.00 Å². The molecule has 0 fully saturated rings. The Morgan fingerprint density at radius 3 is 3.04 bits per heavy atom.